The van der Waals surface area contributed by atoms with E-state index in [4.69, 9.17) is 27.9 Å². The van der Waals surface area contributed by atoms with E-state index >= 15 is 0 Å². The van der Waals surface area contributed by atoms with Crippen LogP contribution in [-0.4, -0.2) is 34.1 Å². The first-order valence-corrected chi connectivity index (χ1v) is 10.6. The average Bonchev–Trinajstić information content (AvgIpc) is 3.32. The van der Waals surface area contributed by atoms with Crippen molar-refractivity contribution in [1.29, 1.82) is 0 Å². The Kier molecular flexibility index (Phi) is 5.01. The largest absolute Gasteiger partial charge is 0.414 e. The fraction of sp³-hybridized carbons (Fsp3) is 0.0870. The molecular weight excluding hydrogens is 467 g/mol. The highest BCUT2D eigenvalue weighted by molar-refractivity contribution is 6.42. The second kappa shape index (κ2) is 7.77. The van der Waals surface area contributed by atoms with Gasteiger partial charge in [-0.05, 0) is 36.4 Å². The van der Waals surface area contributed by atoms with E-state index in [2.05, 4.69) is 15.3 Å². The van der Waals surface area contributed by atoms with Crippen LogP contribution in [0.4, 0.5) is 10.5 Å². The van der Waals surface area contributed by atoms with Crippen molar-refractivity contribution in [2.75, 3.05) is 11.9 Å². The highest BCUT2D eigenvalue weighted by Crippen LogP contribution is 2.46. The average molecular weight is 483 g/mol. The number of nitrogens with one attached hydrogen (secondary N) is 2. The number of halogens is 2. The zero-order valence-electron chi connectivity index (χ0n) is 17.1. The van der Waals surface area contributed by atoms with E-state index in [9.17, 15) is 14.7 Å². The number of benzene rings is 3. The Bertz CT molecular complexity index is 1440. The summed E-state index contributed by atoms with van der Waals surface area (Å²) in [7, 11) is 1.44. The first kappa shape index (κ1) is 21.3. The van der Waals surface area contributed by atoms with Gasteiger partial charge in [0, 0.05) is 29.4 Å². The maximum atomic E-state index is 13.4. The molecular formula is C23H16Cl2N4O4. The van der Waals surface area contributed by atoms with Crippen LogP contribution in [0.3, 0.4) is 0 Å². The molecule has 0 spiro atoms. The van der Waals surface area contributed by atoms with Crippen molar-refractivity contribution in [2.24, 2.45) is 0 Å². The van der Waals surface area contributed by atoms with Crippen LogP contribution in [-0.2, 0) is 5.72 Å². The van der Waals surface area contributed by atoms with Crippen LogP contribution >= 0.6 is 23.2 Å². The summed E-state index contributed by atoms with van der Waals surface area (Å²) in [4.78, 5) is 33.3. The molecule has 3 N–H and O–H groups in total. The van der Waals surface area contributed by atoms with Crippen LogP contribution in [0, 0.1) is 0 Å². The quantitative estimate of drug-likeness (QED) is 0.400. The fourth-order valence-corrected chi connectivity index (χ4v) is 4.26. The van der Waals surface area contributed by atoms with Crippen LogP contribution in [0.15, 0.2) is 60.7 Å². The zero-order chi connectivity index (χ0) is 23.3. The molecule has 166 valence electrons. The highest BCUT2D eigenvalue weighted by Gasteiger charge is 2.50. The predicted octanol–water partition coefficient (Wildman–Crippen LogP) is 4.44. The van der Waals surface area contributed by atoms with E-state index in [1.807, 2.05) is 0 Å². The van der Waals surface area contributed by atoms with Crippen molar-refractivity contribution in [3.05, 3.63) is 87.4 Å². The second-order valence-corrected chi connectivity index (χ2v) is 8.18. The molecule has 0 fully saturated rings. The van der Waals surface area contributed by atoms with Gasteiger partial charge in [-0.2, -0.15) is 4.98 Å². The maximum absolute atomic E-state index is 13.4. The van der Waals surface area contributed by atoms with Gasteiger partial charge in [0.05, 0.1) is 21.1 Å². The number of rotatable bonds is 3. The lowest BCUT2D eigenvalue weighted by molar-refractivity contribution is 0.0704. The minimum absolute atomic E-state index is 0.00210. The third-order valence-electron chi connectivity index (χ3n) is 5.48. The molecule has 0 bridgehead atoms. The Morgan fingerprint density at radius 1 is 1.12 bits per heavy atom. The number of aliphatic hydroxyl groups is 1. The van der Waals surface area contributed by atoms with Gasteiger partial charge < -0.3 is 20.1 Å². The second-order valence-electron chi connectivity index (χ2n) is 7.37. The van der Waals surface area contributed by atoms with Gasteiger partial charge in [0.25, 0.3) is 5.91 Å². The smallest absolute Gasteiger partial charge is 0.375 e. The molecule has 0 radical (unpaired) electrons. The van der Waals surface area contributed by atoms with E-state index < -0.39 is 11.8 Å². The first-order valence-electron chi connectivity index (χ1n) is 9.84. The third kappa shape index (κ3) is 3.31. The molecule has 2 heterocycles. The van der Waals surface area contributed by atoms with Gasteiger partial charge in [0.1, 0.15) is 0 Å². The highest BCUT2D eigenvalue weighted by atomic mass is 35.5. The van der Waals surface area contributed by atoms with Crippen molar-refractivity contribution < 1.29 is 19.4 Å². The lowest BCUT2D eigenvalue weighted by atomic mass is 9.93. The Morgan fingerprint density at radius 3 is 2.67 bits per heavy atom. The number of nitrogens with zero attached hydrogens (tertiary/aromatic N) is 2. The van der Waals surface area contributed by atoms with Gasteiger partial charge in [-0.3, -0.25) is 9.69 Å². The predicted molar refractivity (Wildman–Crippen MR) is 124 cm³/mol. The van der Waals surface area contributed by atoms with Crippen LogP contribution in [0.1, 0.15) is 21.5 Å². The molecule has 0 saturated carbocycles. The number of carbonyl (C=O) groups excluding carboxylic acids is 2. The monoisotopic (exact) mass is 482 g/mol. The van der Waals surface area contributed by atoms with E-state index in [-0.39, 0.29) is 16.9 Å². The van der Waals surface area contributed by atoms with Crippen LogP contribution in [0.25, 0.3) is 11.0 Å². The molecule has 0 saturated heterocycles. The van der Waals surface area contributed by atoms with E-state index in [1.54, 1.807) is 54.6 Å². The number of amides is 2. The zero-order valence-corrected chi connectivity index (χ0v) is 18.6. The molecule has 2 amide bonds. The van der Waals surface area contributed by atoms with E-state index in [0.29, 0.717) is 38.4 Å². The SMILES string of the molecule is CNC(=O)Oc1nc2ccc(C3(O)c4ccccc4C(=O)N3c3ccc(Cl)c(Cl)c3)cc2[nH]1. The lowest BCUT2D eigenvalue weighted by Crippen LogP contribution is -2.45. The number of hydrogen-bond donors (Lipinski definition) is 3. The fourth-order valence-electron chi connectivity index (χ4n) is 3.96. The number of fused-ring (bicyclic) bond motifs is 2. The van der Waals surface area contributed by atoms with Crippen molar-refractivity contribution in [2.45, 2.75) is 5.72 Å². The number of H-pyrrole nitrogens is 1. The molecule has 1 aromatic heterocycles. The van der Waals surface area contributed by atoms with Gasteiger partial charge >= 0.3 is 12.1 Å². The molecule has 4 aromatic rings. The van der Waals surface area contributed by atoms with Crippen LogP contribution in [0.5, 0.6) is 6.01 Å². The molecule has 10 heteroatoms. The summed E-state index contributed by atoms with van der Waals surface area (Å²) in [5.74, 6) is -0.389. The van der Waals surface area contributed by atoms with Crippen molar-refractivity contribution in [1.82, 2.24) is 15.3 Å². The topological polar surface area (TPSA) is 108 Å². The van der Waals surface area contributed by atoms with Crippen molar-refractivity contribution in [3.63, 3.8) is 0 Å². The molecule has 1 atom stereocenters. The third-order valence-corrected chi connectivity index (χ3v) is 6.22. The molecule has 33 heavy (non-hydrogen) atoms. The number of hydrogen-bond acceptors (Lipinski definition) is 5. The normalized spacial score (nSPS) is 17.3. The standard InChI is InChI=1S/C23H16Cl2N4O4/c1-26-22(31)33-21-27-18-9-6-12(10-19(18)28-21)23(32)15-5-3-2-4-14(15)20(30)29(23)13-7-8-16(24)17(25)11-13/h2-11,32H,1H3,(H,26,31)(H,27,28). The number of anilines is 1. The minimum atomic E-state index is -1.84. The molecule has 0 aliphatic carbocycles. The molecule has 8 nitrogen and oxygen atoms in total. The lowest BCUT2D eigenvalue weighted by Gasteiger charge is -2.35. The van der Waals surface area contributed by atoms with Crippen molar-refractivity contribution in [3.8, 4) is 6.01 Å². The minimum Gasteiger partial charge on any atom is -0.375 e. The summed E-state index contributed by atoms with van der Waals surface area (Å²) in [6.07, 6.45) is -0.672. The van der Waals surface area contributed by atoms with Gasteiger partial charge in [-0.1, -0.05) is 47.5 Å². The van der Waals surface area contributed by atoms with Crippen LogP contribution in [0.2, 0.25) is 10.0 Å². The summed E-state index contributed by atoms with van der Waals surface area (Å²) in [5.41, 5.74) is 0.731. The Morgan fingerprint density at radius 2 is 1.91 bits per heavy atom. The number of carbonyl (C=O) groups is 2. The van der Waals surface area contributed by atoms with E-state index in [1.165, 1.54) is 18.0 Å². The Labute approximate surface area is 197 Å². The summed E-state index contributed by atoms with van der Waals surface area (Å²) in [6, 6.07) is 16.5. The van der Waals surface area contributed by atoms with Gasteiger partial charge in [0.15, 0.2) is 5.72 Å². The molecule has 1 aliphatic heterocycles. The van der Waals surface area contributed by atoms with Crippen molar-refractivity contribution >= 4 is 51.9 Å². The van der Waals surface area contributed by atoms with E-state index in [0.717, 1.165) is 0 Å². The summed E-state index contributed by atoms with van der Waals surface area (Å²) < 4.78 is 5.06. The summed E-state index contributed by atoms with van der Waals surface area (Å²) >= 11 is 12.3. The summed E-state index contributed by atoms with van der Waals surface area (Å²) in [5, 5.41) is 15.0. The number of aromatic amines is 1. The van der Waals surface area contributed by atoms with Crippen LogP contribution < -0.4 is 15.0 Å². The summed E-state index contributed by atoms with van der Waals surface area (Å²) in [6.45, 7) is 0. The Hall–Kier alpha value is -3.59. The molecule has 5 rings (SSSR count). The van der Waals surface area contributed by atoms with Gasteiger partial charge in [-0.15, -0.1) is 0 Å². The first-order chi connectivity index (χ1) is 15.8. The molecule has 1 unspecified atom stereocenters. The molecule has 1 aliphatic rings. The number of aromatic nitrogens is 2. The van der Waals surface area contributed by atoms with Gasteiger partial charge in [0.2, 0.25) is 0 Å². The number of ether oxygens (including phenoxy) is 1. The Balaban J connectivity index is 1.68. The molecule has 3 aromatic carbocycles. The van der Waals surface area contributed by atoms with Gasteiger partial charge in [-0.25, -0.2) is 4.79 Å². The maximum Gasteiger partial charge on any atom is 0.414 e. The number of imidazole rings is 1.